The molecule has 2 fully saturated rings. The summed E-state index contributed by atoms with van der Waals surface area (Å²) >= 11 is 0. The lowest BCUT2D eigenvalue weighted by Crippen LogP contribution is -2.55. The van der Waals surface area contributed by atoms with Crippen LogP contribution in [0, 0.1) is 6.92 Å². The molecule has 4 rings (SSSR count). The van der Waals surface area contributed by atoms with Gasteiger partial charge in [-0.15, -0.1) is 0 Å². The van der Waals surface area contributed by atoms with E-state index < -0.39 is 5.60 Å². The molecule has 148 valence electrons. The number of imidazole rings is 1. The molecule has 1 aromatic carbocycles. The molecule has 2 aliphatic heterocycles. The smallest absolute Gasteiger partial charge is 0.317 e. The molecule has 1 aromatic heterocycles. The number of aryl methyl sites for hydroxylation is 1. The predicted molar refractivity (Wildman–Crippen MR) is 103 cm³/mol. The molecule has 0 saturated carbocycles. The number of nitrogens with one attached hydrogen (secondary N) is 1. The van der Waals surface area contributed by atoms with Gasteiger partial charge in [0.05, 0.1) is 13.1 Å². The van der Waals surface area contributed by atoms with Gasteiger partial charge in [0.2, 0.25) is 5.91 Å². The fourth-order valence-corrected chi connectivity index (χ4v) is 3.87. The first-order valence-corrected chi connectivity index (χ1v) is 9.46. The van der Waals surface area contributed by atoms with Crippen molar-refractivity contribution < 1.29 is 14.3 Å². The molecule has 1 N–H and O–H groups in total. The van der Waals surface area contributed by atoms with Gasteiger partial charge in [-0.1, -0.05) is 12.1 Å². The maximum absolute atomic E-state index is 12.6. The second-order valence-corrected chi connectivity index (χ2v) is 7.56. The van der Waals surface area contributed by atoms with Crippen molar-refractivity contribution in [1.82, 2.24) is 24.7 Å². The molecule has 0 radical (unpaired) electrons. The number of carbonyl (C=O) groups excluding carboxylic acids is 2. The Morgan fingerprint density at radius 3 is 2.75 bits per heavy atom. The van der Waals surface area contributed by atoms with Gasteiger partial charge in [0.15, 0.2) is 0 Å². The largest absolute Gasteiger partial charge is 0.361 e. The summed E-state index contributed by atoms with van der Waals surface area (Å²) in [5, 5.41) is 2.98. The van der Waals surface area contributed by atoms with Gasteiger partial charge in [0.25, 0.3) is 0 Å². The van der Waals surface area contributed by atoms with Gasteiger partial charge in [0, 0.05) is 38.2 Å². The Bertz CT molecular complexity index is 878. The first kappa shape index (κ1) is 18.5. The lowest BCUT2D eigenvalue weighted by atomic mass is 10.0. The van der Waals surface area contributed by atoms with Gasteiger partial charge in [-0.25, -0.2) is 9.78 Å². The topological polar surface area (TPSA) is 79.7 Å². The fourth-order valence-electron chi connectivity index (χ4n) is 3.87. The number of hydrogen-bond donors (Lipinski definition) is 1. The van der Waals surface area contributed by atoms with Gasteiger partial charge in [0.1, 0.15) is 18.0 Å². The zero-order chi connectivity index (χ0) is 19.7. The van der Waals surface area contributed by atoms with Gasteiger partial charge in [-0.2, -0.15) is 0 Å². The third-order valence-electron chi connectivity index (χ3n) is 5.54. The van der Waals surface area contributed by atoms with Crippen LogP contribution >= 0.6 is 0 Å². The minimum absolute atomic E-state index is 0.0112. The predicted octanol–water partition coefficient (Wildman–Crippen LogP) is 1.32. The summed E-state index contributed by atoms with van der Waals surface area (Å²) in [5.41, 5.74) is 1.65. The molecule has 3 amide bonds. The summed E-state index contributed by atoms with van der Waals surface area (Å²) in [6.45, 7) is 4.19. The highest BCUT2D eigenvalue weighted by Crippen LogP contribution is 2.29. The van der Waals surface area contributed by atoms with Crippen molar-refractivity contribution in [2.75, 3.05) is 33.3 Å². The molecule has 2 aliphatic rings. The Hall–Kier alpha value is -2.87. The van der Waals surface area contributed by atoms with E-state index in [9.17, 15) is 9.59 Å². The number of likely N-dealkylation sites (tertiary alicyclic amines) is 1. The number of hydrogen-bond acceptors (Lipinski definition) is 4. The molecule has 28 heavy (non-hydrogen) atoms. The molecule has 0 unspecified atom stereocenters. The third kappa shape index (κ3) is 3.60. The average Bonchev–Trinajstić information content (AvgIpc) is 3.30. The Balaban J connectivity index is 1.31. The van der Waals surface area contributed by atoms with Crippen LogP contribution in [0.5, 0.6) is 0 Å². The summed E-state index contributed by atoms with van der Waals surface area (Å²) < 4.78 is 7.80. The molecule has 1 spiro atoms. The summed E-state index contributed by atoms with van der Waals surface area (Å²) in [4.78, 5) is 31.9. The fraction of sp³-hybridized carbons (Fsp3) is 0.450. The monoisotopic (exact) mass is 383 g/mol. The molecular weight excluding hydrogens is 358 g/mol. The van der Waals surface area contributed by atoms with E-state index in [0.717, 1.165) is 23.5 Å². The molecule has 8 heteroatoms. The number of rotatable bonds is 3. The molecule has 0 bridgehead atoms. The molecule has 2 aromatic rings. The van der Waals surface area contributed by atoms with E-state index in [-0.39, 0.29) is 18.5 Å². The highest BCUT2D eigenvalue weighted by Gasteiger charge is 2.45. The number of amides is 3. The molecule has 8 nitrogen and oxygen atoms in total. The van der Waals surface area contributed by atoms with Crippen molar-refractivity contribution in [3.05, 3.63) is 48.0 Å². The summed E-state index contributed by atoms with van der Waals surface area (Å²) in [6, 6.07) is 7.94. The number of aromatic nitrogens is 2. The quantitative estimate of drug-likeness (QED) is 0.867. The Kier molecular flexibility index (Phi) is 4.80. The van der Waals surface area contributed by atoms with Crippen LogP contribution in [0.2, 0.25) is 0 Å². The van der Waals surface area contributed by atoms with E-state index in [1.807, 2.05) is 42.0 Å². The van der Waals surface area contributed by atoms with Gasteiger partial charge in [-0.05, 0) is 31.0 Å². The third-order valence-corrected chi connectivity index (χ3v) is 5.54. The lowest BCUT2D eigenvalue weighted by Gasteiger charge is -2.38. The van der Waals surface area contributed by atoms with E-state index in [2.05, 4.69) is 10.3 Å². The van der Waals surface area contributed by atoms with Crippen LogP contribution < -0.4 is 5.32 Å². The van der Waals surface area contributed by atoms with Gasteiger partial charge >= 0.3 is 6.03 Å². The molecular formula is C20H25N5O3. The highest BCUT2D eigenvalue weighted by molar-refractivity contribution is 5.78. The highest BCUT2D eigenvalue weighted by atomic mass is 16.5. The van der Waals surface area contributed by atoms with E-state index >= 15 is 0 Å². The number of likely N-dealkylation sites (N-methyl/N-ethyl adjacent to an activating group) is 1. The first-order chi connectivity index (χ1) is 13.5. The minimum Gasteiger partial charge on any atom is -0.361 e. The zero-order valence-electron chi connectivity index (χ0n) is 16.2. The SMILES string of the molecule is Cc1nccn1-c1ccc(CNC(=O)N2CC[C@]3(CN(C)C(=O)CO3)C2)cc1. The molecule has 2 saturated heterocycles. The minimum atomic E-state index is -0.426. The van der Waals surface area contributed by atoms with E-state index in [0.29, 0.717) is 26.2 Å². The maximum Gasteiger partial charge on any atom is 0.317 e. The van der Waals surface area contributed by atoms with Crippen LogP contribution in [-0.2, 0) is 16.1 Å². The molecule has 1 atom stereocenters. The van der Waals surface area contributed by atoms with Crippen LogP contribution in [0.4, 0.5) is 4.79 Å². The van der Waals surface area contributed by atoms with Crippen molar-refractivity contribution in [2.24, 2.45) is 0 Å². The second kappa shape index (κ2) is 7.27. The van der Waals surface area contributed by atoms with Gasteiger partial charge in [-0.3, -0.25) is 4.79 Å². The summed E-state index contributed by atoms with van der Waals surface area (Å²) in [7, 11) is 1.78. The maximum atomic E-state index is 12.6. The van der Waals surface area contributed by atoms with Crippen molar-refractivity contribution in [3.63, 3.8) is 0 Å². The Morgan fingerprint density at radius 1 is 1.29 bits per heavy atom. The van der Waals surface area contributed by atoms with Crippen molar-refractivity contribution in [2.45, 2.75) is 25.5 Å². The van der Waals surface area contributed by atoms with E-state index in [4.69, 9.17) is 4.74 Å². The lowest BCUT2D eigenvalue weighted by molar-refractivity contribution is -0.158. The van der Waals surface area contributed by atoms with Crippen LogP contribution in [0.15, 0.2) is 36.7 Å². The van der Waals surface area contributed by atoms with Crippen molar-refractivity contribution in [1.29, 1.82) is 0 Å². The number of ether oxygens (including phenoxy) is 1. The number of morpholine rings is 1. The van der Waals surface area contributed by atoms with Crippen LogP contribution in [0.25, 0.3) is 5.69 Å². The summed E-state index contributed by atoms with van der Waals surface area (Å²) in [6.07, 6.45) is 4.45. The molecule has 0 aliphatic carbocycles. The number of benzene rings is 1. The Morgan fingerprint density at radius 2 is 2.07 bits per heavy atom. The first-order valence-electron chi connectivity index (χ1n) is 9.46. The van der Waals surface area contributed by atoms with Crippen LogP contribution in [0.3, 0.4) is 0 Å². The van der Waals surface area contributed by atoms with Crippen molar-refractivity contribution in [3.8, 4) is 5.69 Å². The van der Waals surface area contributed by atoms with Crippen molar-refractivity contribution >= 4 is 11.9 Å². The number of urea groups is 1. The zero-order valence-corrected chi connectivity index (χ0v) is 16.2. The Labute approximate surface area is 164 Å². The van der Waals surface area contributed by atoms with Gasteiger partial charge < -0.3 is 24.4 Å². The van der Waals surface area contributed by atoms with E-state index in [1.165, 1.54) is 0 Å². The number of nitrogens with zero attached hydrogens (tertiary/aromatic N) is 4. The average molecular weight is 383 g/mol. The van der Waals surface area contributed by atoms with E-state index in [1.54, 1.807) is 23.0 Å². The standard InChI is InChI=1S/C20H25N5O3/c1-15-21-8-10-25(15)17-5-3-16(4-6-17)11-22-19(27)24-9-7-20(14-24)13-23(2)18(26)12-28-20/h3-6,8,10H,7,9,11-14H2,1-2H3,(H,22,27)/t20-/m0/s1. The summed E-state index contributed by atoms with van der Waals surface area (Å²) in [5.74, 6) is 0.921. The molecule has 3 heterocycles. The normalized spacial score (nSPS) is 22.1. The number of carbonyl (C=O) groups is 2. The van der Waals surface area contributed by atoms with Crippen LogP contribution in [-0.4, -0.2) is 70.2 Å². The second-order valence-electron chi connectivity index (χ2n) is 7.56. The van der Waals surface area contributed by atoms with Crippen LogP contribution in [0.1, 0.15) is 17.8 Å².